The Morgan fingerprint density at radius 1 is 1.29 bits per heavy atom. The molecule has 0 aromatic heterocycles. The molecule has 0 aromatic rings. The Morgan fingerprint density at radius 2 is 2.07 bits per heavy atom. The molecule has 5 rings (SSSR count). The molecule has 5 aliphatic rings. The quantitative estimate of drug-likeness (QED) is 0.424. The number of fused-ring (bicyclic) bond motifs is 7. The first-order valence-electron chi connectivity index (χ1n) is 10.5. The number of Topliss-reactive ketones (excluding diaryl/α,β-unsaturated/α-hetero) is 1. The summed E-state index contributed by atoms with van der Waals surface area (Å²) in [6.45, 7) is 5.64. The van der Waals surface area contributed by atoms with Crippen molar-refractivity contribution in [2.24, 2.45) is 22.7 Å². The minimum atomic E-state index is -0.783. The third kappa shape index (κ3) is 2.14. The largest absolute Gasteiger partial charge is 0.458 e. The van der Waals surface area contributed by atoms with Crippen LogP contribution in [0.2, 0.25) is 0 Å². The van der Waals surface area contributed by atoms with Gasteiger partial charge in [0.15, 0.2) is 18.0 Å². The lowest BCUT2D eigenvalue weighted by atomic mass is 9.50. The van der Waals surface area contributed by atoms with Crippen LogP contribution in [0.15, 0.2) is 23.3 Å². The molecule has 0 unspecified atom stereocenters. The number of ketones is 2. The summed E-state index contributed by atoms with van der Waals surface area (Å²) in [5.41, 5.74) is 1.76. The smallest absolute Gasteiger partial charge is 0.303 e. The Kier molecular flexibility index (Phi) is 3.69. The van der Waals surface area contributed by atoms with Crippen molar-refractivity contribution in [3.63, 3.8) is 0 Å². The Labute approximate surface area is 165 Å². The van der Waals surface area contributed by atoms with Crippen molar-refractivity contribution in [2.45, 2.75) is 71.0 Å². The highest BCUT2D eigenvalue weighted by Gasteiger charge is 2.79. The van der Waals surface area contributed by atoms with Gasteiger partial charge in [0.1, 0.15) is 0 Å². The molecule has 28 heavy (non-hydrogen) atoms. The van der Waals surface area contributed by atoms with Crippen LogP contribution in [-0.4, -0.2) is 35.8 Å². The highest BCUT2D eigenvalue weighted by Crippen LogP contribution is 2.72. The monoisotopic (exact) mass is 384 g/mol. The third-order valence-electron chi connectivity index (χ3n) is 8.59. The fourth-order valence-corrected chi connectivity index (χ4v) is 7.05. The SMILES string of the molecule is CC(=O)OCC(=O)[C@@]12O[C@@H]1C[C@H]1[C@@H]3CCC4=CC(=O)CC[C@]4(C)C3=CC[C@@]12C. The first kappa shape index (κ1) is 18.3. The topological polar surface area (TPSA) is 73.0 Å². The molecule has 3 fully saturated rings. The maximum absolute atomic E-state index is 13.0. The van der Waals surface area contributed by atoms with Crippen molar-refractivity contribution < 1.29 is 23.9 Å². The molecule has 0 amide bonds. The molecule has 0 spiro atoms. The molecular weight excluding hydrogens is 356 g/mol. The van der Waals surface area contributed by atoms with Crippen molar-refractivity contribution in [1.82, 2.24) is 0 Å². The van der Waals surface area contributed by atoms with Gasteiger partial charge in [-0.3, -0.25) is 14.4 Å². The molecule has 1 aliphatic heterocycles. The summed E-state index contributed by atoms with van der Waals surface area (Å²) in [7, 11) is 0. The second kappa shape index (κ2) is 5.65. The summed E-state index contributed by atoms with van der Waals surface area (Å²) >= 11 is 0. The highest BCUT2D eigenvalue weighted by molar-refractivity contribution is 5.94. The first-order chi connectivity index (χ1) is 13.2. The number of carbonyl (C=O) groups excluding carboxylic acids is 3. The summed E-state index contributed by atoms with van der Waals surface area (Å²) in [6.07, 6.45) is 9.46. The normalized spacial score (nSPS) is 45.7. The number of allylic oxidation sites excluding steroid dienone is 4. The zero-order valence-electron chi connectivity index (χ0n) is 16.9. The molecule has 0 N–H and O–H groups in total. The third-order valence-corrected chi connectivity index (χ3v) is 8.59. The number of esters is 1. The van der Waals surface area contributed by atoms with Crippen molar-refractivity contribution >= 4 is 17.5 Å². The van der Waals surface area contributed by atoms with Crippen LogP contribution in [0.4, 0.5) is 0 Å². The summed E-state index contributed by atoms with van der Waals surface area (Å²) in [4.78, 5) is 36.1. The van der Waals surface area contributed by atoms with E-state index in [1.54, 1.807) is 0 Å². The van der Waals surface area contributed by atoms with Crippen LogP contribution in [0.3, 0.4) is 0 Å². The number of hydrogen-bond acceptors (Lipinski definition) is 5. The van der Waals surface area contributed by atoms with Crippen LogP contribution in [0, 0.1) is 22.7 Å². The number of carbonyl (C=O) groups is 3. The van der Waals surface area contributed by atoms with Crippen molar-refractivity contribution in [3.8, 4) is 0 Å². The van der Waals surface area contributed by atoms with Gasteiger partial charge in [-0.25, -0.2) is 0 Å². The summed E-state index contributed by atoms with van der Waals surface area (Å²) in [6, 6.07) is 0. The van der Waals surface area contributed by atoms with E-state index in [9.17, 15) is 14.4 Å². The molecule has 0 bridgehead atoms. The Bertz CT molecular complexity index is 853. The minimum Gasteiger partial charge on any atom is -0.458 e. The Hall–Kier alpha value is -1.75. The maximum atomic E-state index is 13.0. The fraction of sp³-hybridized carbons (Fsp3) is 0.696. The molecule has 1 saturated heterocycles. The van der Waals surface area contributed by atoms with E-state index in [0.29, 0.717) is 18.3 Å². The van der Waals surface area contributed by atoms with Crippen LogP contribution in [0.5, 0.6) is 0 Å². The standard InChI is InChI=1S/C23H28O5/c1-13(24)27-12-19(26)23-20(28-23)11-18-16-5-4-14-10-15(25)6-8-21(14,2)17(16)7-9-22(18,23)3/h7,10,16,18,20H,4-6,8-9,11-12H2,1-3H3/t16-,18+,20-,21+,22+,23-/m1/s1. The van der Waals surface area contributed by atoms with Gasteiger partial charge in [-0.2, -0.15) is 0 Å². The molecule has 2 saturated carbocycles. The average molecular weight is 384 g/mol. The summed E-state index contributed by atoms with van der Waals surface area (Å²) in [5.74, 6) is 0.601. The molecule has 5 nitrogen and oxygen atoms in total. The molecule has 4 aliphatic carbocycles. The van der Waals surface area contributed by atoms with Crippen LogP contribution < -0.4 is 0 Å². The highest BCUT2D eigenvalue weighted by atomic mass is 16.6. The van der Waals surface area contributed by atoms with Crippen molar-refractivity contribution in [1.29, 1.82) is 0 Å². The van der Waals surface area contributed by atoms with E-state index in [1.807, 2.05) is 6.08 Å². The average Bonchev–Trinajstić information content (AvgIpc) is 3.32. The van der Waals surface area contributed by atoms with E-state index >= 15 is 0 Å². The fourth-order valence-electron chi connectivity index (χ4n) is 7.05. The summed E-state index contributed by atoms with van der Waals surface area (Å²) in [5, 5.41) is 0. The van der Waals surface area contributed by atoms with E-state index in [2.05, 4.69) is 19.9 Å². The van der Waals surface area contributed by atoms with Gasteiger partial charge in [-0.15, -0.1) is 0 Å². The molecule has 5 heteroatoms. The van der Waals surface area contributed by atoms with Crippen molar-refractivity contribution in [3.05, 3.63) is 23.3 Å². The van der Waals surface area contributed by atoms with Crippen LogP contribution >= 0.6 is 0 Å². The van der Waals surface area contributed by atoms with Gasteiger partial charge in [0.05, 0.1) is 6.10 Å². The van der Waals surface area contributed by atoms with Gasteiger partial charge >= 0.3 is 5.97 Å². The van der Waals surface area contributed by atoms with Gasteiger partial charge in [-0.1, -0.05) is 31.1 Å². The zero-order chi connectivity index (χ0) is 19.9. The van der Waals surface area contributed by atoms with Crippen LogP contribution in [-0.2, 0) is 23.9 Å². The van der Waals surface area contributed by atoms with E-state index in [1.165, 1.54) is 18.1 Å². The molecule has 1 heterocycles. The second-order valence-corrected chi connectivity index (χ2v) is 9.78. The molecular formula is C23H28O5. The Morgan fingerprint density at radius 3 is 2.82 bits per heavy atom. The van der Waals surface area contributed by atoms with Gasteiger partial charge in [-0.05, 0) is 50.0 Å². The van der Waals surface area contributed by atoms with Crippen LogP contribution in [0.1, 0.15) is 59.3 Å². The molecule has 0 radical (unpaired) electrons. The zero-order valence-corrected chi connectivity index (χ0v) is 16.9. The lowest BCUT2D eigenvalue weighted by molar-refractivity contribution is -0.150. The van der Waals surface area contributed by atoms with Gasteiger partial charge in [0.2, 0.25) is 5.78 Å². The van der Waals surface area contributed by atoms with E-state index in [4.69, 9.17) is 9.47 Å². The lowest BCUT2D eigenvalue weighted by Gasteiger charge is -2.53. The second-order valence-electron chi connectivity index (χ2n) is 9.78. The number of epoxide rings is 1. The lowest BCUT2D eigenvalue weighted by Crippen LogP contribution is -2.51. The number of ether oxygens (including phenoxy) is 2. The molecule has 150 valence electrons. The van der Waals surface area contributed by atoms with E-state index < -0.39 is 11.6 Å². The predicted molar refractivity (Wildman–Crippen MR) is 101 cm³/mol. The van der Waals surface area contributed by atoms with E-state index in [-0.39, 0.29) is 35.1 Å². The van der Waals surface area contributed by atoms with E-state index in [0.717, 1.165) is 32.1 Å². The maximum Gasteiger partial charge on any atom is 0.303 e. The van der Waals surface area contributed by atoms with Crippen LogP contribution in [0.25, 0.3) is 0 Å². The predicted octanol–water partition coefficient (Wildman–Crippen LogP) is 3.32. The van der Waals surface area contributed by atoms with Gasteiger partial charge in [0, 0.05) is 24.2 Å². The number of rotatable bonds is 3. The number of hydrogen-bond donors (Lipinski definition) is 0. The van der Waals surface area contributed by atoms with Gasteiger partial charge in [0.25, 0.3) is 0 Å². The van der Waals surface area contributed by atoms with Gasteiger partial charge < -0.3 is 9.47 Å². The summed E-state index contributed by atoms with van der Waals surface area (Å²) < 4.78 is 11.0. The first-order valence-corrected chi connectivity index (χ1v) is 10.5. The molecule has 6 atom stereocenters. The Balaban J connectivity index is 1.48. The van der Waals surface area contributed by atoms with Crippen molar-refractivity contribution in [2.75, 3.05) is 6.61 Å². The molecule has 0 aromatic carbocycles. The minimum absolute atomic E-state index is 0.000702.